The fourth-order valence-electron chi connectivity index (χ4n) is 3.21. The molecular weight excluding hydrogens is 318 g/mol. The summed E-state index contributed by atoms with van der Waals surface area (Å²) in [5.41, 5.74) is 4.84. The second-order valence-electron chi connectivity index (χ2n) is 6.48. The summed E-state index contributed by atoms with van der Waals surface area (Å²) >= 11 is 0. The van der Waals surface area contributed by atoms with Gasteiger partial charge in [-0.05, 0) is 51.2 Å². The number of hydrogen-bond acceptors (Lipinski definition) is 3. The fraction of sp³-hybridized carbons (Fsp3) is 0.421. The van der Waals surface area contributed by atoms with Crippen LogP contribution in [0.3, 0.4) is 0 Å². The molecule has 0 unspecified atom stereocenters. The summed E-state index contributed by atoms with van der Waals surface area (Å²) in [6.07, 6.45) is 4.20. The topological polar surface area (TPSA) is 84.2 Å². The minimum atomic E-state index is -0.805. The molecule has 6 heteroatoms. The van der Waals surface area contributed by atoms with Crippen LogP contribution in [0, 0.1) is 6.92 Å². The van der Waals surface area contributed by atoms with Gasteiger partial charge in [0.1, 0.15) is 0 Å². The number of aryl methyl sites for hydroxylation is 1. The first kappa shape index (κ1) is 17.2. The summed E-state index contributed by atoms with van der Waals surface area (Å²) in [6.45, 7) is 2.51. The lowest BCUT2D eigenvalue weighted by Gasteiger charge is -2.06. The van der Waals surface area contributed by atoms with E-state index in [-0.39, 0.29) is 12.3 Å². The van der Waals surface area contributed by atoms with Gasteiger partial charge in [-0.15, -0.1) is 0 Å². The molecule has 0 radical (unpaired) electrons. The third-order valence-electron chi connectivity index (χ3n) is 4.53. The molecule has 0 saturated carbocycles. The van der Waals surface area contributed by atoms with Crippen molar-refractivity contribution in [3.63, 3.8) is 0 Å². The number of carboxylic acids is 1. The number of nitrogens with one attached hydrogen (secondary N) is 1. The number of carbonyl (C=O) groups excluding carboxylic acids is 1. The van der Waals surface area contributed by atoms with Crippen LogP contribution in [-0.4, -0.2) is 33.3 Å². The van der Waals surface area contributed by atoms with Gasteiger partial charge in [-0.3, -0.25) is 9.59 Å². The highest BCUT2D eigenvalue weighted by Crippen LogP contribution is 2.27. The smallest absolute Gasteiger partial charge is 0.303 e. The molecule has 0 fully saturated rings. The Morgan fingerprint density at radius 2 is 1.96 bits per heavy atom. The van der Waals surface area contributed by atoms with Crippen LogP contribution in [0.1, 0.15) is 53.0 Å². The lowest BCUT2D eigenvalue weighted by atomic mass is 10.2. The minimum absolute atomic E-state index is 0.132. The average Bonchev–Trinajstić information content (AvgIpc) is 3.17. The van der Waals surface area contributed by atoms with E-state index in [1.807, 2.05) is 35.9 Å². The lowest BCUT2D eigenvalue weighted by molar-refractivity contribution is -0.137. The third-order valence-corrected chi connectivity index (χ3v) is 4.53. The molecule has 1 amide bonds. The van der Waals surface area contributed by atoms with E-state index in [1.54, 1.807) is 0 Å². The van der Waals surface area contributed by atoms with E-state index in [4.69, 9.17) is 5.11 Å². The maximum Gasteiger partial charge on any atom is 0.303 e. The number of benzene rings is 1. The first-order valence-electron chi connectivity index (χ1n) is 8.74. The summed E-state index contributed by atoms with van der Waals surface area (Å²) in [5.74, 6) is -0.972. The average molecular weight is 341 g/mol. The van der Waals surface area contributed by atoms with Crippen molar-refractivity contribution >= 4 is 11.9 Å². The molecule has 0 saturated heterocycles. The molecule has 1 heterocycles. The maximum absolute atomic E-state index is 12.5. The molecule has 25 heavy (non-hydrogen) atoms. The molecule has 1 aromatic heterocycles. The van der Waals surface area contributed by atoms with Crippen molar-refractivity contribution in [2.75, 3.05) is 6.54 Å². The van der Waals surface area contributed by atoms with Crippen LogP contribution in [0.15, 0.2) is 24.3 Å². The Hall–Kier alpha value is -2.63. The van der Waals surface area contributed by atoms with Gasteiger partial charge in [0.05, 0.1) is 5.69 Å². The van der Waals surface area contributed by atoms with Crippen LogP contribution >= 0.6 is 0 Å². The quantitative estimate of drug-likeness (QED) is 0.758. The van der Waals surface area contributed by atoms with E-state index in [1.165, 1.54) is 5.56 Å². The second-order valence-corrected chi connectivity index (χ2v) is 6.48. The van der Waals surface area contributed by atoms with Crippen LogP contribution in [0.25, 0.3) is 5.69 Å². The molecule has 0 bridgehead atoms. The molecule has 3 rings (SSSR count). The van der Waals surface area contributed by atoms with Crippen molar-refractivity contribution in [1.29, 1.82) is 0 Å². The maximum atomic E-state index is 12.5. The number of amides is 1. The van der Waals surface area contributed by atoms with Gasteiger partial charge in [-0.25, -0.2) is 4.68 Å². The highest BCUT2D eigenvalue weighted by atomic mass is 16.4. The number of fused-ring (bicyclic) bond motifs is 1. The number of rotatable bonds is 7. The first-order chi connectivity index (χ1) is 12.1. The molecule has 0 aliphatic heterocycles. The number of nitrogens with zero attached hydrogens (tertiary/aromatic N) is 2. The largest absolute Gasteiger partial charge is 0.481 e. The van der Waals surface area contributed by atoms with Crippen LogP contribution in [-0.2, 0) is 17.6 Å². The molecule has 2 aromatic rings. The number of aliphatic carboxylic acids is 1. The zero-order valence-electron chi connectivity index (χ0n) is 14.4. The van der Waals surface area contributed by atoms with E-state index < -0.39 is 5.97 Å². The van der Waals surface area contributed by atoms with Gasteiger partial charge >= 0.3 is 5.97 Å². The van der Waals surface area contributed by atoms with E-state index >= 15 is 0 Å². The Morgan fingerprint density at radius 3 is 2.68 bits per heavy atom. The van der Waals surface area contributed by atoms with Crippen molar-refractivity contribution in [3.8, 4) is 5.69 Å². The van der Waals surface area contributed by atoms with Crippen molar-refractivity contribution in [2.24, 2.45) is 0 Å². The van der Waals surface area contributed by atoms with Crippen molar-refractivity contribution in [3.05, 3.63) is 46.8 Å². The number of aromatic nitrogens is 2. The molecule has 2 N–H and O–H groups in total. The predicted molar refractivity (Wildman–Crippen MR) is 94.1 cm³/mol. The van der Waals surface area contributed by atoms with Gasteiger partial charge in [0.2, 0.25) is 0 Å². The molecule has 132 valence electrons. The Morgan fingerprint density at radius 1 is 1.20 bits per heavy atom. The van der Waals surface area contributed by atoms with Gasteiger partial charge < -0.3 is 10.4 Å². The first-order valence-corrected chi connectivity index (χ1v) is 8.74. The van der Waals surface area contributed by atoms with Crippen molar-refractivity contribution < 1.29 is 14.7 Å². The summed E-state index contributed by atoms with van der Waals surface area (Å²) in [6, 6.07) is 8.13. The minimum Gasteiger partial charge on any atom is -0.481 e. The van der Waals surface area contributed by atoms with E-state index in [0.717, 1.165) is 36.2 Å². The fourth-order valence-corrected chi connectivity index (χ4v) is 3.21. The molecule has 1 aromatic carbocycles. The molecule has 6 nitrogen and oxygen atoms in total. The van der Waals surface area contributed by atoms with Gasteiger partial charge in [0, 0.05) is 24.2 Å². The molecule has 0 spiro atoms. The predicted octanol–water partition coefficient (Wildman–Crippen LogP) is 2.65. The monoisotopic (exact) mass is 341 g/mol. The standard InChI is InChI=1S/C19H23N3O3/c1-13-8-10-14(11-9-13)22-16-6-4-5-15(16)18(21-22)19(25)20-12-3-2-7-17(23)24/h8-11H,2-7,12H2,1H3,(H,20,25)(H,23,24). The SMILES string of the molecule is Cc1ccc(-n2nc(C(=O)NCCCCC(=O)O)c3c2CCC3)cc1. The van der Waals surface area contributed by atoms with Gasteiger partial charge in [-0.2, -0.15) is 5.10 Å². The number of unbranched alkanes of at least 4 members (excludes halogenated alkanes) is 1. The number of carbonyl (C=O) groups is 2. The highest BCUT2D eigenvalue weighted by Gasteiger charge is 2.26. The third kappa shape index (κ3) is 3.90. The van der Waals surface area contributed by atoms with Gasteiger partial charge in [0.15, 0.2) is 5.69 Å². The number of hydrogen-bond donors (Lipinski definition) is 2. The van der Waals surface area contributed by atoms with E-state index in [2.05, 4.69) is 10.4 Å². The van der Waals surface area contributed by atoms with Crippen LogP contribution in [0.4, 0.5) is 0 Å². The number of carboxylic acid groups (broad SMARTS) is 1. The molecule has 1 aliphatic rings. The van der Waals surface area contributed by atoms with E-state index in [9.17, 15) is 9.59 Å². The lowest BCUT2D eigenvalue weighted by Crippen LogP contribution is -2.26. The molecule has 1 aliphatic carbocycles. The summed E-state index contributed by atoms with van der Waals surface area (Å²) < 4.78 is 1.89. The van der Waals surface area contributed by atoms with Gasteiger partial charge in [-0.1, -0.05) is 17.7 Å². The Bertz CT molecular complexity index is 778. The summed E-state index contributed by atoms with van der Waals surface area (Å²) in [5, 5.41) is 16.1. The second kappa shape index (κ2) is 7.51. The normalized spacial score (nSPS) is 12.8. The highest BCUT2D eigenvalue weighted by molar-refractivity contribution is 5.94. The zero-order valence-corrected chi connectivity index (χ0v) is 14.4. The molecule has 0 atom stereocenters. The van der Waals surface area contributed by atoms with Crippen molar-refractivity contribution in [2.45, 2.75) is 45.4 Å². The van der Waals surface area contributed by atoms with Crippen LogP contribution < -0.4 is 5.32 Å². The van der Waals surface area contributed by atoms with Crippen molar-refractivity contribution in [1.82, 2.24) is 15.1 Å². The Labute approximate surface area is 146 Å². The van der Waals surface area contributed by atoms with Crippen LogP contribution in [0.5, 0.6) is 0 Å². The zero-order chi connectivity index (χ0) is 17.8. The Kier molecular flexibility index (Phi) is 5.16. The Balaban J connectivity index is 1.72. The van der Waals surface area contributed by atoms with E-state index in [0.29, 0.717) is 25.1 Å². The summed E-state index contributed by atoms with van der Waals surface area (Å²) in [4.78, 5) is 23.0. The van der Waals surface area contributed by atoms with Crippen LogP contribution in [0.2, 0.25) is 0 Å². The van der Waals surface area contributed by atoms with Gasteiger partial charge in [0.25, 0.3) is 5.91 Å². The molecular formula is C19H23N3O3. The summed E-state index contributed by atoms with van der Waals surface area (Å²) in [7, 11) is 0.